The van der Waals surface area contributed by atoms with E-state index in [2.05, 4.69) is 6.07 Å². The molecule has 0 unspecified atom stereocenters. The Bertz CT molecular complexity index is 795. The van der Waals surface area contributed by atoms with Crippen molar-refractivity contribution in [1.29, 1.82) is 5.26 Å². The quantitative estimate of drug-likeness (QED) is 0.745. The van der Waals surface area contributed by atoms with Gasteiger partial charge in [-0.15, -0.1) is 11.6 Å². The van der Waals surface area contributed by atoms with E-state index in [0.717, 1.165) is 16.7 Å². The molecule has 0 bridgehead atoms. The van der Waals surface area contributed by atoms with Gasteiger partial charge < -0.3 is 9.84 Å². The molecular weight excluding hydrogens is 345 g/mol. The molecule has 0 spiro atoms. The molecule has 0 saturated heterocycles. The van der Waals surface area contributed by atoms with E-state index < -0.39 is 5.41 Å². The Morgan fingerprint density at radius 1 is 1.25 bits per heavy atom. The topological polar surface area (TPSA) is 53.2 Å². The van der Waals surface area contributed by atoms with Gasteiger partial charge >= 0.3 is 0 Å². The maximum absolute atomic E-state index is 10.3. The van der Waals surface area contributed by atoms with Crippen molar-refractivity contribution >= 4 is 23.2 Å². The van der Waals surface area contributed by atoms with E-state index in [4.69, 9.17) is 27.9 Å². The van der Waals surface area contributed by atoms with Crippen molar-refractivity contribution in [2.24, 2.45) is 0 Å². The molecule has 5 heteroatoms. The third-order valence-electron chi connectivity index (χ3n) is 4.04. The third kappa shape index (κ3) is 3.61. The molecule has 1 N–H and O–H groups in total. The van der Waals surface area contributed by atoms with Crippen LogP contribution in [0, 0.1) is 18.3 Å². The van der Waals surface area contributed by atoms with Gasteiger partial charge in [-0.05, 0) is 36.2 Å². The number of alkyl halides is 1. The Labute approximate surface area is 152 Å². The van der Waals surface area contributed by atoms with Gasteiger partial charge in [0.05, 0.1) is 16.5 Å². The maximum atomic E-state index is 10.3. The number of aryl methyl sites for hydroxylation is 1. The van der Waals surface area contributed by atoms with Crippen LogP contribution in [0.3, 0.4) is 0 Å². The van der Waals surface area contributed by atoms with E-state index in [9.17, 15) is 10.4 Å². The number of halogens is 2. The SMILES string of the molecule is Cc1ccc(C(C)(C)c2cc(Cl)c(OCCCl)c(C#N)c2)c(O)c1. The highest BCUT2D eigenvalue weighted by Gasteiger charge is 2.28. The molecule has 126 valence electrons. The number of rotatable bonds is 5. The van der Waals surface area contributed by atoms with Crippen LogP contribution in [-0.2, 0) is 5.41 Å². The normalized spacial score (nSPS) is 11.2. The molecule has 0 aliphatic carbocycles. The number of nitriles is 1. The van der Waals surface area contributed by atoms with E-state index in [1.807, 2.05) is 32.9 Å². The molecule has 24 heavy (non-hydrogen) atoms. The van der Waals surface area contributed by atoms with E-state index in [0.29, 0.717) is 22.2 Å². The number of nitrogens with zero attached hydrogens (tertiary/aromatic N) is 1. The van der Waals surface area contributed by atoms with Gasteiger partial charge in [0.2, 0.25) is 0 Å². The standard InChI is InChI=1S/C19H19Cl2NO2/c1-12-4-5-15(17(23)8-12)19(2,3)14-9-13(11-22)18(16(21)10-14)24-7-6-20/h4-5,8-10,23H,6-7H2,1-3H3. The summed E-state index contributed by atoms with van der Waals surface area (Å²) in [6.07, 6.45) is 0. The van der Waals surface area contributed by atoms with Crippen molar-refractivity contribution in [2.75, 3.05) is 12.5 Å². The average molecular weight is 364 g/mol. The number of ether oxygens (including phenoxy) is 1. The van der Waals surface area contributed by atoms with Crippen LogP contribution >= 0.6 is 23.2 Å². The van der Waals surface area contributed by atoms with Gasteiger partial charge in [-0.25, -0.2) is 0 Å². The van der Waals surface area contributed by atoms with Crippen LogP contribution in [0.1, 0.15) is 36.1 Å². The van der Waals surface area contributed by atoms with Crippen molar-refractivity contribution < 1.29 is 9.84 Å². The predicted molar refractivity (Wildman–Crippen MR) is 97.4 cm³/mol. The van der Waals surface area contributed by atoms with Gasteiger partial charge in [-0.2, -0.15) is 5.26 Å². The number of benzene rings is 2. The minimum atomic E-state index is -0.530. The molecule has 2 rings (SSSR count). The monoisotopic (exact) mass is 363 g/mol. The van der Waals surface area contributed by atoms with Crippen LogP contribution in [0.5, 0.6) is 11.5 Å². The summed E-state index contributed by atoms with van der Waals surface area (Å²) in [5.74, 6) is 0.871. The fourth-order valence-corrected chi connectivity index (χ4v) is 3.00. The lowest BCUT2D eigenvalue weighted by Crippen LogP contribution is -2.19. The van der Waals surface area contributed by atoms with E-state index in [1.165, 1.54) is 0 Å². The molecule has 0 amide bonds. The van der Waals surface area contributed by atoms with E-state index in [1.54, 1.807) is 18.2 Å². The first-order chi connectivity index (χ1) is 11.3. The van der Waals surface area contributed by atoms with Crippen LogP contribution in [-0.4, -0.2) is 17.6 Å². The summed E-state index contributed by atoms with van der Waals surface area (Å²) in [6, 6.07) is 11.2. The number of aromatic hydroxyl groups is 1. The molecule has 0 aliphatic heterocycles. The second-order valence-electron chi connectivity index (χ2n) is 6.13. The Kier molecular flexibility index (Phi) is 5.64. The number of hydrogen-bond acceptors (Lipinski definition) is 3. The summed E-state index contributed by atoms with van der Waals surface area (Å²) in [7, 11) is 0. The summed E-state index contributed by atoms with van der Waals surface area (Å²) in [5, 5.41) is 20.1. The first kappa shape index (κ1) is 18.4. The zero-order chi connectivity index (χ0) is 17.9. The Morgan fingerprint density at radius 2 is 1.96 bits per heavy atom. The third-order valence-corrected chi connectivity index (χ3v) is 4.47. The second-order valence-corrected chi connectivity index (χ2v) is 6.91. The van der Waals surface area contributed by atoms with Crippen LogP contribution in [0.4, 0.5) is 0 Å². The number of phenols is 1. The maximum Gasteiger partial charge on any atom is 0.155 e. The minimum absolute atomic E-state index is 0.220. The van der Waals surface area contributed by atoms with E-state index in [-0.39, 0.29) is 12.4 Å². The molecule has 0 atom stereocenters. The van der Waals surface area contributed by atoms with Crippen LogP contribution in [0.15, 0.2) is 30.3 Å². The summed E-state index contributed by atoms with van der Waals surface area (Å²) in [6.45, 7) is 6.15. The first-order valence-corrected chi connectivity index (χ1v) is 8.45. The lowest BCUT2D eigenvalue weighted by Gasteiger charge is -2.28. The molecule has 0 saturated carbocycles. The molecule has 2 aromatic carbocycles. The molecule has 0 aliphatic rings. The molecule has 0 aromatic heterocycles. The highest BCUT2D eigenvalue weighted by Crippen LogP contribution is 2.41. The van der Waals surface area contributed by atoms with Crippen molar-refractivity contribution in [3.8, 4) is 17.6 Å². The minimum Gasteiger partial charge on any atom is -0.508 e. The van der Waals surface area contributed by atoms with Crippen LogP contribution < -0.4 is 4.74 Å². The smallest absolute Gasteiger partial charge is 0.155 e. The van der Waals surface area contributed by atoms with Gasteiger partial charge in [0.1, 0.15) is 18.4 Å². The lowest BCUT2D eigenvalue weighted by molar-refractivity contribution is 0.341. The first-order valence-electron chi connectivity index (χ1n) is 7.54. The van der Waals surface area contributed by atoms with E-state index >= 15 is 0 Å². The average Bonchev–Trinajstić information content (AvgIpc) is 2.52. The van der Waals surface area contributed by atoms with Crippen LogP contribution in [0.2, 0.25) is 5.02 Å². The molecule has 3 nitrogen and oxygen atoms in total. The van der Waals surface area contributed by atoms with Gasteiger partial charge in [-0.3, -0.25) is 0 Å². The summed E-state index contributed by atoms with van der Waals surface area (Å²) >= 11 is 12.0. The highest BCUT2D eigenvalue weighted by atomic mass is 35.5. The van der Waals surface area contributed by atoms with Crippen molar-refractivity contribution in [3.05, 3.63) is 57.6 Å². The molecule has 2 aromatic rings. The zero-order valence-electron chi connectivity index (χ0n) is 13.9. The molecular formula is C19H19Cl2NO2. The fourth-order valence-electron chi connectivity index (χ4n) is 2.65. The van der Waals surface area contributed by atoms with Crippen molar-refractivity contribution in [3.63, 3.8) is 0 Å². The summed E-state index contributed by atoms with van der Waals surface area (Å²) in [4.78, 5) is 0. The summed E-state index contributed by atoms with van der Waals surface area (Å²) < 4.78 is 5.49. The molecule has 0 fully saturated rings. The second kappa shape index (κ2) is 7.34. The fraction of sp³-hybridized carbons (Fsp3) is 0.316. The Hall–Kier alpha value is -1.89. The van der Waals surface area contributed by atoms with Gasteiger partial charge in [0.15, 0.2) is 5.75 Å². The van der Waals surface area contributed by atoms with Crippen molar-refractivity contribution in [2.45, 2.75) is 26.2 Å². The van der Waals surface area contributed by atoms with Crippen LogP contribution in [0.25, 0.3) is 0 Å². The molecule has 0 radical (unpaired) electrons. The largest absolute Gasteiger partial charge is 0.508 e. The van der Waals surface area contributed by atoms with Gasteiger partial charge in [-0.1, -0.05) is 37.6 Å². The number of phenolic OH excluding ortho intramolecular Hbond substituents is 1. The number of hydrogen-bond donors (Lipinski definition) is 1. The molecule has 0 heterocycles. The Balaban J connectivity index is 2.55. The van der Waals surface area contributed by atoms with Gasteiger partial charge in [0.25, 0.3) is 0 Å². The predicted octanol–water partition coefficient (Wildman–Crippen LogP) is 5.17. The highest BCUT2D eigenvalue weighted by molar-refractivity contribution is 6.32. The zero-order valence-corrected chi connectivity index (χ0v) is 15.4. The van der Waals surface area contributed by atoms with Gasteiger partial charge in [0, 0.05) is 11.0 Å². The van der Waals surface area contributed by atoms with Crippen molar-refractivity contribution in [1.82, 2.24) is 0 Å². The Morgan fingerprint density at radius 3 is 2.54 bits per heavy atom. The summed E-state index contributed by atoms with van der Waals surface area (Å²) in [5.41, 5.74) is 2.39. The lowest BCUT2D eigenvalue weighted by atomic mass is 9.77.